The second-order valence-electron chi connectivity index (χ2n) is 7.73. The van der Waals surface area contributed by atoms with Gasteiger partial charge in [0.05, 0.1) is 11.6 Å². The molecule has 4 rings (SSSR count). The summed E-state index contributed by atoms with van der Waals surface area (Å²) in [7, 11) is 1.63. The van der Waals surface area contributed by atoms with Gasteiger partial charge in [0, 0.05) is 21.8 Å². The molecule has 0 radical (unpaired) electrons. The number of pyridine rings is 1. The number of hydrogen-bond donors (Lipinski definition) is 1. The number of anilines is 1. The van der Waals surface area contributed by atoms with Crippen LogP contribution in [0.1, 0.15) is 41.6 Å². The van der Waals surface area contributed by atoms with E-state index in [4.69, 9.17) is 26.8 Å². The third-order valence-corrected chi connectivity index (χ3v) is 6.56. The lowest BCUT2D eigenvalue weighted by molar-refractivity contribution is 0.295. The fraction of sp³-hybridized carbons (Fsp3) is 0.280. The highest BCUT2D eigenvalue weighted by atomic mass is 79.9. The first kappa shape index (κ1) is 22.4. The van der Waals surface area contributed by atoms with E-state index in [0.29, 0.717) is 34.5 Å². The molecule has 0 unspecified atom stereocenters. The van der Waals surface area contributed by atoms with E-state index in [2.05, 4.69) is 27.0 Å². The Morgan fingerprint density at radius 1 is 1.12 bits per heavy atom. The quantitative estimate of drug-likeness (QED) is 0.396. The van der Waals surface area contributed by atoms with Crippen LogP contribution in [0, 0.1) is 11.3 Å². The molecule has 0 saturated heterocycles. The molecule has 0 atom stereocenters. The van der Waals surface area contributed by atoms with Crippen LogP contribution in [-0.4, -0.2) is 12.1 Å². The predicted molar refractivity (Wildman–Crippen MR) is 130 cm³/mol. The van der Waals surface area contributed by atoms with Gasteiger partial charge >= 0.3 is 0 Å². The number of ether oxygens (including phenoxy) is 2. The maximum atomic E-state index is 9.87. The van der Waals surface area contributed by atoms with Crippen molar-refractivity contribution < 1.29 is 9.47 Å². The van der Waals surface area contributed by atoms with Crippen molar-refractivity contribution in [3.05, 3.63) is 68.3 Å². The summed E-state index contributed by atoms with van der Waals surface area (Å²) < 4.78 is 12.4. The largest absolute Gasteiger partial charge is 0.496 e. The highest BCUT2D eigenvalue weighted by Gasteiger charge is 2.22. The monoisotopic (exact) mass is 511 g/mol. The molecule has 7 heteroatoms. The van der Waals surface area contributed by atoms with E-state index in [9.17, 15) is 5.26 Å². The normalized spacial score (nSPS) is 13.1. The summed E-state index contributed by atoms with van der Waals surface area (Å²) in [5.74, 6) is 1.69. The molecular weight excluding hydrogens is 490 g/mol. The molecular formula is C25H23BrClN3O2. The van der Waals surface area contributed by atoms with Gasteiger partial charge < -0.3 is 15.2 Å². The Hall–Kier alpha value is -2.75. The highest BCUT2D eigenvalue weighted by Crippen LogP contribution is 2.37. The highest BCUT2D eigenvalue weighted by molar-refractivity contribution is 9.10. The topological polar surface area (TPSA) is 81.2 Å². The Morgan fingerprint density at radius 3 is 2.66 bits per heavy atom. The van der Waals surface area contributed by atoms with Crippen LogP contribution in [0.4, 0.5) is 5.82 Å². The third-order valence-electron chi connectivity index (χ3n) is 5.71. The summed E-state index contributed by atoms with van der Waals surface area (Å²) in [6.07, 6.45) is 5.09. The minimum Gasteiger partial charge on any atom is -0.496 e. The van der Waals surface area contributed by atoms with E-state index in [0.717, 1.165) is 64.5 Å². The molecule has 0 saturated carbocycles. The smallest absolute Gasteiger partial charge is 0.142 e. The summed E-state index contributed by atoms with van der Waals surface area (Å²) in [5.41, 5.74) is 11.4. The van der Waals surface area contributed by atoms with Gasteiger partial charge in [-0.25, -0.2) is 4.98 Å². The van der Waals surface area contributed by atoms with Crippen molar-refractivity contribution >= 4 is 33.3 Å². The lowest BCUT2D eigenvalue weighted by Gasteiger charge is -2.18. The van der Waals surface area contributed by atoms with Crippen molar-refractivity contribution in [2.75, 3.05) is 12.8 Å². The van der Waals surface area contributed by atoms with Gasteiger partial charge in [0.25, 0.3) is 0 Å². The van der Waals surface area contributed by atoms with Crippen LogP contribution in [0.25, 0.3) is 11.1 Å². The summed E-state index contributed by atoms with van der Waals surface area (Å²) in [5, 5.41) is 10.5. The van der Waals surface area contributed by atoms with Gasteiger partial charge in [0.15, 0.2) is 0 Å². The molecule has 2 aromatic carbocycles. The Kier molecular flexibility index (Phi) is 6.88. The number of nitriles is 1. The Morgan fingerprint density at radius 2 is 1.91 bits per heavy atom. The van der Waals surface area contributed by atoms with Crippen LogP contribution in [-0.2, 0) is 19.4 Å². The van der Waals surface area contributed by atoms with Crippen LogP contribution in [0.15, 0.2) is 40.9 Å². The first-order valence-corrected chi connectivity index (χ1v) is 11.7. The second kappa shape index (κ2) is 9.81. The Bertz CT molecular complexity index is 1210. The Labute approximate surface area is 201 Å². The number of rotatable bonds is 5. The molecule has 1 aromatic heterocycles. The molecule has 2 N–H and O–H groups in total. The number of methoxy groups -OCH3 is 1. The van der Waals surface area contributed by atoms with Crippen molar-refractivity contribution in [1.82, 2.24) is 4.98 Å². The van der Waals surface area contributed by atoms with Crippen molar-refractivity contribution in [2.45, 2.75) is 38.7 Å². The molecule has 0 fully saturated rings. The van der Waals surface area contributed by atoms with Gasteiger partial charge in [0.1, 0.15) is 35.6 Å². The summed E-state index contributed by atoms with van der Waals surface area (Å²) in [6, 6.07) is 13.6. The summed E-state index contributed by atoms with van der Waals surface area (Å²) >= 11 is 9.52. The van der Waals surface area contributed by atoms with Crippen LogP contribution in [0.2, 0.25) is 5.02 Å². The zero-order valence-corrected chi connectivity index (χ0v) is 20.1. The van der Waals surface area contributed by atoms with Gasteiger partial charge in [-0.15, -0.1) is 0 Å². The van der Waals surface area contributed by atoms with E-state index >= 15 is 0 Å². The van der Waals surface area contributed by atoms with Gasteiger partial charge in [-0.05, 0) is 83.1 Å². The molecule has 0 spiro atoms. The molecule has 1 aliphatic carbocycles. The lowest BCUT2D eigenvalue weighted by Crippen LogP contribution is -2.07. The number of aromatic nitrogens is 1. The number of nitrogens with two attached hydrogens (primary N) is 1. The zero-order valence-electron chi connectivity index (χ0n) is 17.8. The van der Waals surface area contributed by atoms with Crippen LogP contribution in [0.5, 0.6) is 11.5 Å². The van der Waals surface area contributed by atoms with Crippen molar-refractivity contribution in [1.29, 1.82) is 5.26 Å². The fourth-order valence-corrected chi connectivity index (χ4v) is 4.96. The van der Waals surface area contributed by atoms with Crippen molar-refractivity contribution in [2.24, 2.45) is 0 Å². The maximum Gasteiger partial charge on any atom is 0.142 e. The molecule has 0 amide bonds. The molecule has 1 heterocycles. The van der Waals surface area contributed by atoms with E-state index < -0.39 is 0 Å². The SMILES string of the molecule is COc1ccc(-c2c(C#N)c(N)nc3c2CCCCC3)cc1COc1ccc(Cl)cc1Br. The minimum atomic E-state index is 0.293. The van der Waals surface area contributed by atoms with E-state index in [1.54, 1.807) is 19.2 Å². The Balaban J connectivity index is 1.77. The van der Waals surface area contributed by atoms with Crippen LogP contribution >= 0.6 is 27.5 Å². The molecule has 0 bridgehead atoms. The molecule has 0 aliphatic heterocycles. The van der Waals surface area contributed by atoms with E-state index in [1.807, 2.05) is 24.3 Å². The average molecular weight is 513 g/mol. The predicted octanol–water partition coefficient (Wildman–Crippen LogP) is 6.47. The number of nitrogen functional groups attached to an aromatic ring is 1. The van der Waals surface area contributed by atoms with Gasteiger partial charge in [-0.1, -0.05) is 24.1 Å². The molecule has 3 aromatic rings. The number of hydrogen-bond acceptors (Lipinski definition) is 5. The molecule has 32 heavy (non-hydrogen) atoms. The zero-order chi connectivity index (χ0) is 22.7. The van der Waals surface area contributed by atoms with Crippen LogP contribution in [0.3, 0.4) is 0 Å². The number of benzene rings is 2. The summed E-state index contributed by atoms with van der Waals surface area (Å²) in [6.45, 7) is 0.294. The number of halogens is 2. The fourth-order valence-electron chi connectivity index (χ4n) is 4.17. The third kappa shape index (κ3) is 4.55. The minimum absolute atomic E-state index is 0.293. The maximum absolute atomic E-state index is 9.87. The van der Waals surface area contributed by atoms with E-state index in [-0.39, 0.29) is 0 Å². The average Bonchev–Trinajstić information content (AvgIpc) is 3.02. The first-order valence-electron chi connectivity index (χ1n) is 10.5. The number of fused-ring (bicyclic) bond motifs is 1. The molecule has 1 aliphatic rings. The van der Waals surface area contributed by atoms with Gasteiger partial charge in [-0.3, -0.25) is 0 Å². The van der Waals surface area contributed by atoms with Crippen LogP contribution < -0.4 is 15.2 Å². The second-order valence-corrected chi connectivity index (χ2v) is 9.03. The number of aryl methyl sites for hydroxylation is 1. The lowest BCUT2D eigenvalue weighted by atomic mass is 9.91. The van der Waals surface area contributed by atoms with Gasteiger partial charge in [0.2, 0.25) is 0 Å². The van der Waals surface area contributed by atoms with Crippen molar-refractivity contribution in [3.8, 4) is 28.7 Å². The summed E-state index contributed by atoms with van der Waals surface area (Å²) in [4.78, 5) is 4.57. The standard InChI is InChI=1S/C25H23BrClN3O2/c1-31-22-9-7-15(11-16(22)14-32-23-10-8-17(27)12-20(23)26)24-18-5-3-2-4-6-21(18)30-25(29)19(24)13-28/h7-12H,2-6,14H2,1H3,(H2,29,30). The molecule has 5 nitrogen and oxygen atoms in total. The molecule has 164 valence electrons. The number of nitrogens with zero attached hydrogens (tertiary/aromatic N) is 2. The van der Waals surface area contributed by atoms with E-state index in [1.165, 1.54) is 0 Å². The van der Waals surface area contributed by atoms with Gasteiger partial charge in [-0.2, -0.15) is 5.26 Å². The first-order chi connectivity index (χ1) is 15.5. The van der Waals surface area contributed by atoms with Crippen molar-refractivity contribution in [3.63, 3.8) is 0 Å².